The Kier molecular flexibility index (Phi) is 5.97. The van der Waals surface area contributed by atoms with Gasteiger partial charge >= 0.3 is 0 Å². The lowest BCUT2D eigenvalue weighted by Crippen LogP contribution is -2.19. The average molecular weight is 339 g/mol. The van der Waals surface area contributed by atoms with Crippen molar-refractivity contribution in [2.75, 3.05) is 12.4 Å². The Morgan fingerprint density at radius 1 is 0.960 bits per heavy atom. The second kappa shape index (κ2) is 7.97. The van der Waals surface area contributed by atoms with Gasteiger partial charge in [-0.15, -0.1) is 0 Å². The summed E-state index contributed by atoms with van der Waals surface area (Å²) in [6.07, 6.45) is 0.333. The van der Waals surface area contributed by atoms with Gasteiger partial charge in [-0.1, -0.05) is 39.0 Å². The zero-order valence-electron chi connectivity index (χ0n) is 15.3. The number of ketones is 1. The number of nitrogens with one attached hydrogen (secondary N) is 1. The topological polar surface area (TPSA) is 55.4 Å². The standard InChI is InChI=1S/C21H25NO3/c1-21(2,3)17-7-5-6-8-18(17)22-20(24)14-13-19(23)15-9-11-16(25-4)12-10-15/h5-12H,13-14H2,1-4H3,(H,22,24). The van der Waals surface area contributed by atoms with Gasteiger partial charge in [0, 0.05) is 24.1 Å². The molecule has 0 aliphatic carbocycles. The maximum absolute atomic E-state index is 12.2. The van der Waals surface area contributed by atoms with Gasteiger partial charge < -0.3 is 10.1 Å². The van der Waals surface area contributed by atoms with Crippen molar-refractivity contribution in [2.24, 2.45) is 0 Å². The highest BCUT2D eigenvalue weighted by Crippen LogP contribution is 2.29. The number of amides is 1. The van der Waals surface area contributed by atoms with E-state index < -0.39 is 0 Å². The molecular weight excluding hydrogens is 314 g/mol. The molecule has 0 atom stereocenters. The van der Waals surface area contributed by atoms with Crippen LogP contribution in [0.2, 0.25) is 0 Å². The summed E-state index contributed by atoms with van der Waals surface area (Å²) in [6.45, 7) is 6.31. The molecule has 0 aliphatic rings. The molecule has 2 aromatic carbocycles. The summed E-state index contributed by atoms with van der Waals surface area (Å²) in [5, 5.41) is 2.93. The Morgan fingerprint density at radius 3 is 2.20 bits per heavy atom. The minimum atomic E-state index is -0.154. The lowest BCUT2D eigenvalue weighted by Gasteiger charge is -2.23. The summed E-state index contributed by atoms with van der Waals surface area (Å²) in [5.74, 6) is 0.494. The van der Waals surface area contributed by atoms with Gasteiger partial charge in [-0.25, -0.2) is 0 Å². The number of para-hydroxylation sites is 1. The van der Waals surface area contributed by atoms with Crippen LogP contribution in [0.1, 0.15) is 49.5 Å². The third-order valence-electron chi connectivity index (χ3n) is 4.00. The first-order valence-corrected chi connectivity index (χ1v) is 8.38. The molecule has 0 heterocycles. The minimum absolute atomic E-state index is 0.0538. The molecule has 0 saturated heterocycles. The number of ether oxygens (including phenoxy) is 1. The predicted molar refractivity (Wildman–Crippen MR) is 100 cm³/mol. The largest absolute Gasteiger partial charge is 0.497 e. The molecule has 1 N–H and O–H groups in total. The fraction of sp³-hybridized carbons (Fsp3) is 0.333. The molecule has 0 aromatic heterocycles. The van der Waals surface area contributed by atoms with Crippen molar-refractivity contribution < 1.29 is 14.3 Å². The van der Waals surface area contributed by atoms with E-state index in [9.17, 15) is 9.59 Å². The van der Waals surface area contributed by atoms with E-state index in [1.165, 1.54) is 0 Å². The third-order valence-corrected chi connectivity index (χ3v) is 4.00. The van der Waals surface area contributed by atoms with Gasteiger partial charge in [-0.2, -0.15) is 0 Å². The fourth-order valence-corrected chi connectivity index (χ4v) is 2.61. The van der Waals surface area contributed by atoms with Gasteiger partial charge in [0.1, 0.15) is 5.75 Å². The number of anilines is 1. The van der Waals surface area contributed by atoms with E-state index in [1.54, 1.807) is 31.4 Å². The second-order valence-corrected chi connectivity index (χ2v) is 7.00. The minimum Gasteiger partial charge on any atom is -0.497 e. The number of carbonyl (C=O) groups is 2. The quantitative estimate of drug-likeness (QED) is 0.783. The SMILES string of the molecule is COc1ccc(C(=O)CCC(=O)Nc2ccccc2C(C)(C)C)cc1. The van der Waals surface area contributed by atoms with Crippen molar-refractivity contribution >= 4 is 17.4 Å². The Hall–Kier alpha value is -2.62. The van der Waals surface area contributed by atoms with Crippen LogP contribution in [-0.4, -0.2) is 18.8 Å². The van der Waals surface area contributed by atoms with Crippen molar-refractivity contribution in [3.63, 3.8) is 0 Å². The fourth-order valence-electron chi connectivity index (χ4n) is 2.61. The number of benzene rings is 2. The van der Waals surface area contributed by atoms with Crippen LogP contribution < -0.4 is 10.1 Å². The predicted octanol–water partition coefficient (Wildman–Crippen LogP) is 4.59. The van der Waals surface area contributed by atoms with Crippen LogP contribution in [-0.2, 0) is 10.2 Å². The van der Waals surface area contributed by atoms with Crippen molar-refractivity contribution in [3.05, 3.63) is 59.7 Å². The first-order chi connectivity index (χ1) is 11.8. The van der Waals surface area contributed by atoms with E-state index in [2.05, 4.69) is 26.1 Å². The first-order valence-electron chi connectivity index (χ1n) is 8.38. The zero-order valence-corrected chi connectivity index (χ0v) is 15.3. The lowest BCUT2D eigenvalue weighted by molar-refractivity contribution is -0.116. The number of methoxy groups -OCH3 is 1. The Bertz CT molecular complexity index is 742. The molecule has 132 valence electrons. The van der Waals surface area contributed by atoms with E-state index in [-0.39, 0.29) is 29.9 Å². The maximum Gasteiger partial charge on any atom is 0.224 e. The maximum atomic E-state index is 12.2. The van der Waals surface area contributed by atoms with Crippen molar-refractivity contribution in [3.8, 4) is 5.75 Å². The van der Waals surface area contributed by atoms with E-state index in [0.717, 1.165) is 11.3 Å². The molecule has 0 unspecified atom stereocenters. The van der Waals surface area contributed by atoms with E-state index in [4.69, 9.17) is 4.74 Å². The molecule has 25 heavy (non-hydrogen) atoms. The summed E-state index contributed by atoms with van der Waals surface area (Å²) in [5.41, 5.74) is 2.40. The van der Waals surface area contributed by atoms with Crippen LogP contribution in [0.25, 0.3) is 0 Å². The molecule has 0 saturated carbocycles. The number of hydrogen-bond donors (Lipinski definition) is 1. The molecule has 0 fully saturated rings. The van der Waals surface area contributed by atoms with E-state index in [0.29, 0.717) is 11.3 Å². The molecule has 0 bridgehead atoms. The zero-order chi connectivity index (χ0) is 18.4. The van der Waals surface area contributed by atoms with Crippen LogP contribution >= 0.6 is 0 Å². The van der Waals surface area contributed by atoms with Gasteiger partial charge in [0.2, 0.25) is 5.91 Å². The molecule has 4 heteroatoms. The molecule has 1 amide bonds. The summed E-state index contributed by atoms with van der Waals surface area (Å²) in [4.78, 5) is 24.5. The van der Waals surface area contributed by atoms with Gasteiger partial charge in [-0.3, -0.25) is 9.59 Å². The number of carbonyl (C=O) groups excluding carboxylic acids is 2. The highest BCUT2D eigenvalue weighted by Gasteiger charge is 2.18. The highest BCUT2D eigenvalue weighted by atomic mass is 16.5. The summed E-state index contributed by atoms with van der Waals surface area (Å²) in [6, 6.07) is 14.7. The smallest absolute Gasteiger partial charge is 0.224 e. The molecule has 0 spiro atoms. The van der Waals surface area contributed by atoms with Gasteiger partial charge in [0.15, 0.2) is 5.78 Å². The Labute approximate surface area is 149 Å². The van der Waals surface area contributed by atoms with Crippen LogP contribution in [0.5, 0.6) is 5.75 Å². The summed E-state index contributed by atoms with van der Waals surface area (Å²) in [7, 11) is 1.58. The monoisotopic (exact) mass is 339 g/mol. The number of rotatable bonds is 6. The molecule has 0 radical (unpaired) electrons. The van der Waals surface area contributed by atoms with Crippen molar-refractivity contribution in [2.45, 2.75) is 39.0 Å². The van der Waals surface area contributed by atoms with Crippen molar-refractivity contribution in [1.82, 2.24) is 0 Å². The van der Waals surface area contributed by atoms with Crippen LogP contribution in [0.3, 0.4) is 0 Å². The molecular formula is C21H25NO3. The first kappa shape index (κ1) is 18.7. The van der Waals surface area contributed by atoms with E-state index >= 15 is 0 Å². The van der Waals surface area contributed by atoms with Gasteiger partial charge in [-0.05, 0) is 41.3 Å². The highest BCUT2D eigenvalue weighted by molar-refractivity contribution is 6.00. The van der Waals surface area contributed by atoms with Crippen LogP contribution in [0.4, 0.5) is 5.69 Å². The van der Waals surface area contributed by atoms with Crippen LogP contribution in [0.15, 0.2) is 48.5 Å². The average Bonchev–Trinajstić information content (AvgIpc) is 2.59. The molecule has 2 aromatic rings. The Morgan fingerprint density at radius 2 is 1.60 bits per heavy atom. The summed E-state index contributed by atoms with van der Waals surface area (Å²) >= 11 is 0. The molecule has 2 rings (SSSR count). The number of hydrogen-bond acceptors (Lipinski definition) is 3. The summed E-state index contributed by atoms with van der Waals surface area (Å²) < 4.78 is 5.08. The number of Topliss-reactive ketones (excluding diaryl/α,β-unsaturated/α-hetero) is 1. The van der Waals surface area contributed by atoms with Gasteiger partial charge in [0.25, 0.3) is 0 Å². The molecule has 4 nitrogen and oxygen atoms in total. The third kappa shape index (κ3) is 5.18. The van der Waals surface area contributed by atoms with Gasteiger partial charge in [0.05, 0.1) is 7.11 Å². The Balaban J connectivity index is 1.96. The van der Waals surface area contributed by atoms with E-state index in [1.807, 2.05) is 24.3 Å². The van der Waals surface area contributed by atoms with Crippen molar-refractivity contribution in [1.29, 1.82) is 0 Å². The normalized spacial score (nSPS) is 11.0. The molecule has 0 aliphatic heterocycles. The lowest BCUT2D eigenvalue weighted by atomic mass is 9.86. The second-order valence-electron chi connectivity index (χ2n) is 7.00. The van der Waals surface area contributed by atoms with Crippen LogP contribution in [0, 0.1) is 0 Å².